The van der Waals surface area contributed by atoms with Crippen LogP contribution in [-0.4, -0.2) is 37.9 Å². The summed E-state index contributed by atoms with van der Waals surface area (Å²) >= 11 is 7.80. The second-order valence-electron chi connectivity index (χ2n) is 5.87. The molecule has 0 spiro atoms. The minimum Gasteiger partial charge on any atom is -0.491 e. The highest BCUT2D eigenvalue weighted by atomic mass is 35.5. The van der Waals surface area contributed by atoms with Crippen molar-refractivity contribution in [3.63, 3.8) is 0 Å². The molecule has 1 aliphatic heterocycles. The molecule has 3 rings (SSSR count). The molecule has 0 fully saturated rings. The van der Waals surface area contributed by atoms with Gasteiger partial charge in [-0.25, -0.2) is 0 Å². The Kier molecular flexibility index (Phi) is 10.7. The molecule has 0 saturated heterocycles. The van der Waals surface area contributed by atoms with Gasteiger partial charge in [0.2, 0.25) is 0 Å². The summed E-state index contributed by atoms with van der Waals surface area (Å²) in [6.07, 6.45) is 1.12. The molecule has 2 N–H and O–H groups in total. The summed E-state index contributed by atoms with van der Waals surface area (Å²) in [5, 5.41) is 9.21. The third kappa shape index (κ3) is 8.13. The van der Waals surface area contributed by atoms with Crippen molar-refractivity contribution < 1.29 is 4.74 Å². The highest BCUT2D eigenvalue weighted by Gasteiger charge is 2.10. The zero-order valence-corrected chi connectivity index (χ0v) is 18.0. The minimum absolute atomic E-state index is 0.595. The number of aryl methyl sites for hydroxylation is 1. The van der Waals surface area contributed by atoms with E-state index in [1.165, 1.54) is 16.2 Å². The average Bonchev–Trinajstić information content (AvgIpc) is 3.14. The average molecular weight is 406 g/mol. The van der Waals surface area contributed by atoms with E-state index < -0.39 is 0 Å². The summed E-state index contributed by atoms with van der Waals surface area (Å²) in [6.45, 7) is 5.46. The third-order valence-corrected chi connectivity index (χ3v) is 5.00. The van der Waals surface area contributed by atoms with E-state index in [4.69, 9.17) is 27.3 Å². The number of hydrogen-bond acceptors (Lipinski definition) is 5. The van der Waals surface area contributed by atoms with Gasteiger partial charge in [0, 0.05) is 28.9 Å². The number of rotatable bonds is 4. The van der Waals surface area contributed by atoms with Crippen LogP contribution in [0.1, 0.15) is 25.0 Å². The van der Waals surface area contributed by atoms with Crippen molar-refractivity contribution >= 4 is 29.1 Å². The summed E-state index contributed by atoms with van der Waals surface area (Å²) in [6, 6.07) is 13.3. The SMILES string of the molecule is CC.CN(C)CCOc1cc(N)ccc1Cl.N#Cc1ccc2c(c1)CCS2. The Morgan fingerprint density at radius 1 is 1.22 bits per heavy atom. The second-order valence-corrected chi connectivity index (χ2v) is 7.42. The number of thioether (sulfide) groups is 1. The van der Waals surface area contributed by atoms with Crippen molar-refractivity contribution in [3.05, 3.63) is 52.5 Å². The van der Waals surface area contributed by atoms with Gasteiger partial charge in [0.1, 0.15) is 12.4 Å². The van der Waals surface area contributed by atoms with Gasteiger partial charge in [0.05, 0.1) is 16.7 Å². The third-order valence-electron chi connectivity index (χ3n) is 3.57. The van der Waals surface area contributed by atoms with Crippen molar-refractivity contribution in [3.8, 4) is 11.8 Å². The number of ether oxygens (including phenoxy) is 1. The molecule has 0 bridgehead atoms. The fraction of sp³-hybridized carbons (Fsp3) is 0.381. The molecule has 0 radical (unpaired) electrons. The Morgan fingerprint density at radius 2 is 1.96 bits per heavy atom. The molecule has 1 heterocycles. The van der Waals surface area contributed by atoms with Crippen LogP contribution in [0.5, 0.6) is 5.75 Å². The van der Waals surface area contributed by atoms with Gasteiger partial charge in [-0.15, -0.1) is 11.8 Å². The monoisotopic (exact) mass is 405 g/mol. The number of anilines is 1. The van der Waals surface area contributed by atoms with Crippen molar-refractivity contribution in [2.75, 3.05) is 38.7 Å². The lowest BCUT2D eigenvalue weighted by Crippen LogP contribution is -2.19. The van der Waals surface area contributed by atoms with Gasteiger partial charge in [-0.1, -0.05) is 25.4 Å². The van der Waals surface area contributed by atoms with Crippen LogP contribution in [0.4, 0.5) is 5.69 Å². The smallest absolute Gasteiger partial charge is 0.140 e. The Morgan fingerprint density at radius 3 is 2.63 bits per heavy atom. The van der Waals surface area contributed by atoms with E-state index in [1.807, 2.05) is 62.8 Å². The number of nitrogen functional groups attached to an aromatic ring is 1. The zero-order valence-electron chi connectivity index (χ0n) is 16.5. The number of fused-ring (bicyclic) bond motifs is 1. The molecular weight excluding hydrogens is 378 g/mol. The van der Waals surface area contributed by atoms with E-state index in [0.717, 1.165) is 18.5 Å². The lowest BCUT2D eigenvalue weighted by atomic mass is 10.1. The number of hydrogen-bond donors (Lipinski definition) is 1. The first-order valence-corrected chi connectivity index (χ1v) is 10.3. The van der Waals surface area contributed by atoms with E-state index in [-0.39, 0.29) is 0 Å². The topological polar surface area (TPSA) is 62.3 Å². The Balaban J connectivity index is 0.000000252. The molecule has 0 amide bonds. The number of nitrogens with zero attached hydrogens (tertiary/aromatic N) is 2. The van der Waals surface area contributed by atoms with Crippen LogP contribution in [0.2, 0.25) is 5.02 Å². The van der Waals surface area contributed by atoms with Gasteiger partial charge in [-0.3, -0.25) is 0 Å². The summed E-state index contributed by atoms with van der Waals surface area (Å²) in [4.78, 5) is 3.39. The van der Waals surface area contributed by atoms with Crippen LogP contribution in [0.15, 0.2) is 41.3 Å². The lowest BCUT2D eigenvalue weighted by Gasteiger charge is -2.12. The predicted molar refractivity (Wildman–Crippen MR) is 117 cm³/mol. The van der Waals surface area contributed by atoms with Gasteiger partial charge < -0.3 is 15.4 Å². The molecule has 146 valence electrons. The highest BCUT2D eigenvalue weighted by Crippen LogP contribution is 2.31. The minimum atomic E-state index is 0.595. The first-order chi connectivity index (χ1) is 13.0. The summed E-state index contributed by atoms with van der Waals surface area (Å²) in [5.41, 5.74) is 8.40. The quantitative estimate of drug-likeness (QED) is 0.717. The molecule has 0 aromatic heterocycles. The first kappa shape index (κ1) is 23.2. The Labute approximate surface area is 172 Å². The normalized spacial score (nSPS) is 11.4. The lowest BCUT2D eigenvalue weighted by molar-refractivity contribution is 0.261. The molecule has 0 unspecified atom stereocenters. The van der Waals surface area contributed by atoms with E-state index in [9.17, 15) is 0 Å². The van der Waals surface area contributed by atoms with E-state index in [1.54, 1.807) is 18.2 Å². The Hall–Kier alpha value is -1.87. The molecule has 0 aliphatic carbocycles. The van der Waals surface area contributed by atoms with Crippen molar-refractivity contribution in [1.29, 1.82) is 5.26 Å². The molecule has 2 aromatic carbocycles. The number of benzene rings is 2. The van der Waals surface area contributed by atoms with E-state index >= 15 is 0 Å². The maximum atomic E-state index is 8.61. The van der Waals surface area contributed by atoms with Gasteiger partial charge in [0.15, 0.2) is 0 Å². The standard InChI is InChI=1S/C10H15ClN2O.C9H7NS.C2H6/c1-13(2)5-6-14-10-7-8(12)3-4-9(10)11;10-6-7-1-2-9-8(5-7)3-4-11-9;1-2/h3-4,7H,5-6,12H2,1-2H3;1-2,5H,3-4H2;1-2H3. The fourth-order valence-electron chi connectivity index (χ4n) is 2.22. The summed E-state index contributed by atoms with van der Waals surface area (Å²) in [5.74, 6) is 1.82. The Bertz CT molecular complexity index is 760. The van der Waals surface area contributed by atoms with Crippen molar-refractivity contribution in [2.24, 2.45) is 0 Å². The van der Waals surface area contributed by atoms with Gasteiger partial charge in [-0.05, 0) is 56.4 Å². The number of nitriles is 1. The molecule has 6 heteroatoms. The maximum Gasteiger partial charge on any atom is 0.140 e. The highest BCUT2D eigenvalue weighted by molar-refractivity contribution is 7.99. The van der Waals surface area contributed by atoms with Crippen molar-refractivity contribution in [2.45, 2.75) is 25.2 Å². The molecule has 0 atom stereocenters. The fourth-order valence-corrected chi connectivity index (χ4v) is 3.45. The zero-order chi connectivity index (χ0) is 20.2. The van der Waals surface area contributed by atoms with Crippen LogP contribution in [0.3, 0.4) is 0 Å². The van der Waals surface area contributed by atoms with E-state index in [2.05, 4.69) is 6.07 Å². The van der Waals surface area contributed by atoms with Crippen molar-refractivity contribution in [1.82, 2.24) is 4.90 Å². The largest absolute Gasteiger partial charge is 0.491 e. The molecule has 2 aromatic rings. The number of halogens is 1. The molecular formula is C21H28ClN3OS. The molecule has 27 heavy (non-hydrogen) atoms. The summed E-state index contributed by atoms with van der Waals surface area (Å²) in [7, 11) is 3.98. The van der Waals surface area contributed by atoms with Crippen LogP contribution < -0.4 is 10.5 Å². The predicted octanol–water partition coefficient (Wildman–Crippen LogP) is 5.10. The molecule has 1 aliphatic rings. The van der Waals surface area contributed by atoms with Gasteiger partial charge >= 0.3 is 0 Å². The number of nitrogens with two attached hydrogens (primary N) is 1. The molecule has 4 nitrogen and oxygen atoms in total. The summed E-state index contributed by atoms with van der Waals surface area (Å²) < 4.78 is 5.47. The van der Waals surface area contributed by atoms with Crippen LogP contribution >= 0.6 is 23.4 Å². The van der Waals surface area contributed by atoms with E-state index in [0.29, 0.717) is 23.1 Å². The van der Waals surface area contributed by atoms with Gasteiger partial charge in [0.25, 0.3) is 0 Å². The van der Waals surface area contributed by atoms with Gasteiger partial charge in [-0.2, -0.15) is 5.26 Å². The molecule has 0 saturated carbocycles. The first-order valence-electron chi connectivity index (χ1n) is 8.98. The van der Waals surface area contributed by atoms with Crippen LogP contribution in [0.25, 0.3) is 0 Å². The van der Waals surface area contributed by atoms with Crippen LogP contribution in [-0.2, 0) is 6.42 Å². The second kappa shape index (κ2) is 12.5. The van der Waals surface area contributed by atoms with Crippen LogP contribution in [0, 0.1) is 11.3 Å². The maximum absolute atomic E-state index is 8.61. The number of likely N-dealkylation sites (N-methyl/N-ethyl adjacent to an activating group) is 1.